The van der Waals surface area contributed by atoms with Gasteiger partial charge in [-0.15, -0.1) is 6.58 Å². The maximum atomic E-state index is 12.1. The number of carbonyl (C=O) groups excluding carboxylic acids is 1. The Hall–Kier alpha value is -1.52. The Labute approximate surface area is 160 Å². The number of carboxylic acids is 1. The molecular formula is C21H40N2O3. The van der Waals surface area contributed by atoms with Crippen LogP contribution in [0.5, 0.6) is 0 Å². The normalized spacial score (nSPS) is 11.2. The molecule has 0 aromatic rings. The summed E-state index contributed by atoms with van der Waals surface area (Å²) in [4.78, 5) is 22.5. The van der Waals surface area contributed by atoms with Gasteiger partial charge in [-0.05, 0) is 32.1 Å². The summed E-state index contributed by atoms with van der Waals surface area (Å²) in [6.45, 7) is 8.71. The quantitative estimate of drug-likeness (QED) is 0.237. The number of nitrogens with one attached hydrogen (secondary N) is 2. The minimum absolute atomic E-state index is 0.0723. The van der Waals surface area contributed by atoms with E-state index in [0.29, 0.717) is 6.42 Å². The average molecular weight is 369 g/mol. The molecule has 3 N–H and O–H groups in total. The Morgan fingerprint density at radius 3 is 1.88 bits per heavy atom. The van der Waals surface area contributed by atoms with Gasteiger partial charge in [0, 0.05) is 18.5 Å². The van der Waals surface area contributed by atoms with Crippen molar-refractivity contribution < 1.29 is 14.7 Å². The highest BCUT2D eigenvalue weighted by Gasteiger charge is 2.26. The van der Waals surface area contributed by atoms with Crippen molar-refractivity contribution in [3.8, 4) is 0 Å². The second-order valence-electron chi connectivity index (χ2n) is 7.19. The maximum Gasteiger partial charge on any atom is 0.315 e. The van der Waals surface area contributed by atoms with Crippen LogP contribution in [0.15, 0.2) is 12.7 Å². The van der Waals surface area contributed by atoms with Crippen molar-refractivity contribution in [1.82, 2.24) is 10.6 Å². The summed E-state index contributed by atoms with van der Waals surface area (Å²) in [5.41, 5.74) is -0.170. The lowest BCUT2D eigenvalue weighted by molar-refractivity contribution is -0.137. The monoisotopic (exact) mass is 368 g/mol. The molecule has 0 fully saturated rings. The molecule has 5 nitrogen and oxygen atoms in total. The van der Waals surface area contributed by atoms with Crippen LogP contribution in [0.2, 0.25) is 0 Å². The minimum Gasteiger partial charge on any atom is -0.481 e. The zero-order valence-corrected chi connectivity index (χ0v) is 16.9. The molecule has 0 aliphatic heterocycles. The Balaban J connectivity index is 3.55. The van der Waals surface area contributed by atoms with Gasteiger partial charge in [-0.2, -0.15) is 0 Å². The topological polar surface area (TPSA) is 78.4 Å². The first-order valence-corrected chi connectivity index (χ1v) is 10.4. The summed E-state index contributed by atoms with van der Waals surface area (Å²) in [6, 6.07) is -0.0723. The highest BCUT2D eigenvalue weighted by Crippen LogP contribution is 2.19. The molecule has 0 unspecified atom stereocenters. The zero-order valence-electron chi connectivity index (χ0n) is 16.9. The molecule has 0 aliphatic rings. The molecule has 0 rings (SSSR count). The van der Waals surface area contributed by atoms with Crippen molar-refractivity contribution in [2.45, 2.75) is 103 Å². The van der Waals surface area contributed by atoms with E-state index in [0.717, 1.165) is 57.9 Å². The number of hydrogen-bond donors (Lipinski definition) is 3. The molecule has 0 aliphatic carbocycles. The van der Waals surface area contributed by atoms with Gasteiger partial charge in [0.25, 0.3) is 0 Å². The molecule has 5 heteroatoms. The molecule has 0 aromatic heterocycles. The van der Waals surface area contributed by atoms with Crippen LogP contribution in [0, 0.1) is 0 Å². The van der Waals surface area contributed by atoms with Crippen LogP contribution in [0.3, 0.4) is 0 Å². The zero-order chi connectivity index (χ0) is 19.7. The second kappa shape index (κ2) is 15.7. The van der Waals surface area contributed by atoms with Crippen molar-refractivity contribution in [1.29, 1.82) is 0 Å². The van der Waals surface area contributed by atoms with E-state index in [2.05, 4.69) is 31.1 Å². The molecule has 0 radical (unpaired) electrons. The summed E-state index contributed by atoms with van der Waals surface area (Å²) in [6.07, 6.45) is 14.7. The van der Waals surface area contributed by atoms with Crippen molar-refractivity contribution >= 4 is 12.0 Å². The SMILES string of the molecule is C=CCC(CC)(CC)NC(=O)NCCCCCCCCCCCC(=O)O. The summed E-state index contributed by atoms with van der Waals surface area (Å²) < 4.78 is 0. The van der Waals surface area contributed by atoms with Crippen LogP contribution >= 0.6 is 0 Å². The second-order valence-corrected chi connectivity index (χ2v) is 7.19. The largest absolute Gasteiger partial charge is 0.481 e. The smallest absolute Gasteiger partial charge is 0.315 e. The Morgan fingerprint density at radius 1 is 0.923 bits per heavy atom. The number of carbonyl (C=O) groups is 2. The molecule has 0 saturated heterocycles. The van der Waals surface area contributed by atoms with Crippen LogP contribution in [-0.4, -0.2) is 29.2 Å². The van der Waals surface area contributed by atoms with Gasteiger partial charge in [0.05, 0.1) is 0 Å². The number of carboxylic acid groups (broad SMARTS) is 1. The first-order chi connectivity index (χ1) is 12.5. The Morgan fingerprint density at radius 2 is 1.42 bits per heavy atom. The fraction of sp³-hybridized carbons (Fsp3) is 0.810. The average Bonchev–Trinajstić information content (AvgIpc) is 2.61. The fourth-order valence-corrected chi connectivity index (χ4v) is 3.17. The van der Waals surface area contributed by atoms with E-state index >= 15 is 0 Å². The lowest BCUT2D eigenvalue weighted by Gasteiger charge is -2.32. The van der Waals surface area contributed by atoms with E-state index in [9.17, 15) is 9.59 Å². The van der Waals surface area contributed by atoms with Crippen LogP contribution in [-0.2, 0) is 4.79 Å². The van der Waals surface area contributed by atoms with E-state index < -0.39 is 5.97 Å². The summed E-state index contributed by atoms with van der Waals surface area (Å²) in [5, 5.41) is 14.6. The van der Waals surface area contributed by atoms with E-state index in [-0.39, 0.29) is 11.6 Å². The molecule has 152 valence electrons. The van der Waals surface area contributed by atoms with Gasteiger partial charge >= 0.3 is 12.0 Å². The third-order valence-corrected chi connectivity index (χ3v) is 5.12. The fourth-order valence-electron chi connectivity index (χ4n) is 3.17. The number of rotatable bonds is 17. The molecule has 0 spiro atoms. The third kappa shape index (κ3) is 12.8. The number of amides is 2. The number of hydrogen-bond acceptors (Lipinski definition) is 2. The highest BCUT2D eigenvalue weighted by atomic mass is 16.4. The van der Waals surface area contributed by atoms with Gasteiger partial charge in [0.15, 0.2) is 0 Å². The Kier molecular flexibility index (Phi) is 14.8. The van der Waals surface area contributed by atoms with Gasteiger partial charge in [-0.1, -0.05) is 64.9 Å². The van der Waals surface area contributed by atoms with Gasteiger partial charge in [0.2, 0.25) is 0 Å². The van der Waals surface area contributed by atoms with Crippen molar-refractivity contribution in [2.75, 3.05) is 6.54 Å². The summed E-state index contributed by atoms with van der Waals surface area (Å²) in [7, 11) is 0. The maximum absolute atomic E-state index is 12.1. The van der Waals surface area contributed by atoms with Crippen molar-refractivity contribution in [3.63, 3.8) is 0 Å². The van der Waals surface area contributed by atoms with E-state index in [1.165, 1.54) is 25.7 Å². The van der Waals surface area contributed by atoms with Crippen LogP contribution in [0.25, 0.3) is 0 Å². The van der Waals surface area contributed by atoms with Crippen molar-refractivity contribution in [2.24, 2.45) is 0 Å². The molecule has 0 bridgehead atoms. The minimum atomic E-state index is -0.692. The standard InChI is InChI=1S/C21H40N2O3/c1-4-17-21(5-2,6-3)23-20(26)22-18-15-13-11-9-7-8-10-12-14-16-19(24)25/h4H,1,5-18H2,2-3H3,(H,24,25)(H2,22,23,26). The molecule has 26 heavy (non-hydrogen) atoms. The van der Waals surface area contributed by atoms with E-state index in [1.54, 1.807) is 0 Å². The number of aliphatic carboxylic acids is 1. The third-order valence-electron chi connectivity index (χ3n) is 5.12. The van der Waals surface area contributed by atoms with Gasteiger partial charge in [0.1, 0.15) is 0 Å². The van der Waals surface area contributed by atoms with Crippen LogP contribution in [0.1, 0.15) is 97.3 Å². The van der Waals surface area contributed by atoms with Crippen LogP contribution in [0.4, 0.5) is 4.79 Å². The van der Waals surface area contributed by atoms with Crippen LogP contribution < -0.4 is 10.6 Å². The van der Waals surface area contributed by atoms with E-state index in [1.807, 2.05) is 6.08 Å². The predicted octanol–water partition coefficient (Wildman–Crippen LogP) is 5.41. The molecule has 0 aromatic carbocycles. The van der Waals surface area contributed by atoms with Gasteiger partial charge < -0.3 is 15.7 Å². The lowest BCUT2D eigenvalue weighted by atomic mass is 9.89. The van der Waals surface area contributed by atoms with Gasteiger partial charge in [-0.3, -0.25) is 4.79 Å². The number of urea groups is 1. The number of unbranched alkanes of at least 4 members (excludes halogenated alkanes) is 8. The summed E-state index contributed by atoms with van der Waals surface area (Å²) >= 11 is 0. The predicted molar refractivity (Wildman–Crippen MR) is 108 cm³/mol. The molecular weight excluding hydrogens is 328 g/mol. The first kappa shape index (κ1) is 24.5. The summed E-state index contributed by atoms with van der Waals surface area (Å²) in [5.74, 6) is -0.692. The molecule has 2 amide bonds. The first-order valence-electron chi connectivity index (χ1n) is 10.4. The van der Waals surface area contributed by atoms with E-state index in [4.69, 9.17) is 5.11 Å². The molecule has 0 saturated carbocycles. The van der Waals surface area contributed by atoms with Crippen molar-refractivity contribution in [3.05, 3.63) is 12.7 Å². The Bertz CT molecular complexity index is 393. The molecule has 0 atom stereocenters. The highest BCUT2D eigenvalue weighted by molar-refractivity contribution is 5.74. The van der Waals surface area contributed by atoms with Gasteiger partial charge in [-0.25, -0.2) is 4.79 Å². The lowest BCUT2D eigenvalue weighted by Crippen LogP contribution is -2.51. The molecule has 0 heterocycles.